The molecule has 0 radical (unpaired) electrons. The number of rotatable bonds is 4. The first-order chi connectivity index (χ1) is 14.6. The second-order valence-electron chi connectivity index (χ2n) is 7.73. The molecule has 0 atom stereocenters. The summed E-state index contributed by atoms with van der Waals surface area (Å²) < 4.78 is 2.70. The number of hydrogen-bond acceptors (Lipinski definition) is 5. The largest absolute Gasteiger partial charge is 0.352 e. The van der Waals surface area contributed by atoms with E-state index in [2.05, 4.69) is 22.3 Å². The number of anilines is 1. The second-order valence-corrected chi connectivity index (χ2v) is 8.81. The lowest BCUT2D eigenvalue weighted by atomic mass is 10.1. The zero-order valence-corrected chi connectivity index (χ0v) is 17.7. The van der Waals surface area contributed by atoms with Crippen molar-refractivity contribution in [2.75, 3.05) is 5.32 Å². The topological polar surface area (TPSA) is 81.3 Å². The molecule has 0 saturated carbocycles. The van der Waals surface area contributed by atoms with E-state index in [0.717, 1.165) is 47.2 Å². The van der Waals surface area contributed by atoms with E-state index in [1.54, 1.807) is 11.3 Å². The Morgan fingerprint density at radius 1 is 1.23 bits per heavy atom. The van der Waals surface area contributed by atoms with E-state index in [0.29, 0.717) is 5.65 Å². The molecule has 0 unspecified atom stereocenters. The maximum Gasteiger partial charge on any atom is 0.352 e. The summed E-state index contributed by atoms with van der Waals surface area (Å²) in [5.74, 6) is -0.276. The SMILES string of the molecule is CCc1cccc(NC(=O)Cn2nc3c4c5c(sc4ncn3c2=O)CCCCC5)c1. The summed E-state index contributed by atoms with van der Waals surface area (Å²) >= 11 is 1.71. The monoisotopic (exact) mass is 421 g/mol. The number of aryl methyl sites for hydroxylation is 3. The fourth-order valence-electron chi connectivity index (χ4n) is 4.16. The second kappa shape index (κ2) is 7.68. The molecule has 0 saturated heterocycles. The van der Waals surface area contributed by atoms with E-state index in [4.69, 9.17) is 0 Å². The van der Waals surface area contributed by atoms with Gasteiger partial charge in [0.25, 0.3) is 0 Å². The molecule has 7 nitrogen and oxygen atoms in total. The molecule has 8 heteroatoms. The van der Waals surface area contributed by atoms with Crippen LogP contribution >= 0.6 is 11.3 Å². The molecule has 0 aliphatic heterocycles. The molecule has 154 valence electrons. The van der Waals surface area contributed by atoms with Crippen LogP contribution in [0.4, 0.5) is 5.69 Å². The molecular weight excluding hydrogens is 398 g/mol. The number of nitrogens with one attached hydrogen (secondary N) is 1. The fraction of sp³-hybridized carbons (Fsp3) is 0.364. The Balaban J connectivity index is 1.50. The highest BCUT2D eigenvalue weighted by Gasteiger charge is 2.21. The lowest BCUT2D eigenvalue weighted by Gasteiger charge is -2.06. The number of thiophene rings is 1. The third-order valence-corrected chi connectivity index (χ3v) is 6.90. The van der Waals surface area contributed by atoms with Crippen LogP contribution in [-0.2, 0) is 30.6 Å². The average molecular weight is 422 g/mol. The molecule has 1 aliphatic rings. The lowest BCUT2D eigenvalue weighted by Crippen LogP contribution is -2.28. The predicted octanol–water partition coefficient (Wildman–Crippen LogP) is 3.58. The van der Waals surface area contributed by atoms with Crippen LogP contribution in [0.5, 0.6) is 0 Å². The minimum Gasteiger partial charge on any atom is -0.324 e. The minimum absolute atomic E-state index is 0.134. The molecule has 1 aromatic carbocycles. The molecule has 0 fully saturated rings. The highest BCUT2D eigenvalue weighted by atomic mass is 32.1. The average Bonchev–Trinajstić information content (AvgIpc) is 3.15. The first kappa shape index (κ1) is 19.0. The smallest absolute Gasteiger partial charge is 0.324 e. The number of nitrogens with zero attached hydrogens (tertiary/aromatic N) is 4. The van der Waals surface area contributed by atoms with E-state index in [1.807, 2.05) is 24.3 Å². The van der Waals surface area contributed by atoms with E-state index in [9.17, 15) is 9.59 Å². The first-order valence-electron chi connectivity index (χ1n) is 10.4. The summed E-state index contributed by atoms with van der Waals surface area (Å²) in [5, 5.41) is 8.38. The summed E-state index contributed by atoms with van der Waals surface area (Å²) in [6, 6.07) is 7.72. The molecule has 1 aliphatic carbocycles. The van der Waals surface area contributed by atoms with E-state index < -0.39 is 0 Å². The maximum absolute atomic E-state index is 12.9. The first-order valence-corrected chi connectivity index (χ1v) is 11.2. The summed E-state index contributed by atoms with van der Waals surface area (Å²) in [6.07, 6.45) is 8.03. The molecule has 3 heterocycles. The van der Waals surface area contributed by atoms with Gasteiger partial charge in [-0.1, -0.05) is 25.5 Å². The molecule has 0 bridgehead atoms. The zero-order chi connectivity index (χ0) is 20.7. The lowest BCUT2D eigenvalue weighted by molar-refractivity contribution is -0.117. The van der Waals surface area contributed by atoms with Gasteiger partial charge in [-0.05, 0) is 55.4 Å². The summed E-state index contributed by atoms with van der Waals surface area (Å²) in [4.78, 5) is 32.2. The molecule has 5 rings (SSSR count). The molecule has 1 amide bonds. The van der Waals surface area contributed by atoms with Crippen molar-refractivity contribution in [3.63, 3.8) is 0 Å². The van der Waals surface area contributed by atoms with Crippen molar-refractivity contribution in [1.29, 1.82) is 0 Å². The van der Waals surface area contributed by atoms with Crippen molar-refractivity contribution in [2.24, 2.45) is 0 Å². The van der Waals surface area contributed by atoms with Gasteiger partial charge in [-0.3, -0.25) is 4.79 Å². The number of hydrogen-bond donors (Lipinski definition) is 1. The van der Waals surface area contributed by atoms with Crippen LogP contribution in [0.2, 0.25) is 0 Å². The minimum atomic E-state index is -0.342. The van der Waals surface area contributed by atoms with Crippen LogP contribution in [0, 0.1) is 0 Å². The highest BCUT2D eigenvalue weighted by molar-refractivity contribution is 7.19. The summed E-state index contributed by atoms with van der Waals surface area (Å²) in [5.41, 5.74) is 3.41. The molecular formula is C22H23N5O2S. The standard InChI is InChI=1S/C22H23N5O2S/c1-2-14-7-6-8-15(11-14)24-18(28)12-27-22(29)26-13-23-21-19(20(26)25-27)16-9-4-3-5-10-17(16)30-21/h6-8,11,13H,2-5,9-10,12H2,1H3,(H,24,28). The van der Waals surface area contributed by atoms with Crippen LogP contribution in [0.1, 0.15) is 42.2 Å². The molecule has 4 aromatic rings. The van der Waals surface area contributed by atoms with Crippen LogP contribution in [0.3, 0.4) is 0 Å². The number of aromatic nitrogens is 4. The molecule has 1 N–H and O–H groups in total. The maximum atomic E-state index is 12.9. The number of carbonyl (C=O) groups is 1. The summed E-state index contributed by atoms with van der Waals surface area (Å²) in [6.45, 7) is 1.93. The van der Waals surface area contributed by atoms with Gasteiger partial charge in [0.2, 0.25) is 5.91 Å². The number of carbonyl (C=O) groups excluding carboxylic acids is 1. The summed E-state index contributed by atoms with van der Waals surface area (Å²) in [7, 11) is 0. The van der Waals surface area contributed by atoms with Gasteiger partial charge >= 0.3 is 5.69 Å². The van der Waals surface area contributed by atoms with Gasteiger partial charge in [-0.25, -0.2) is 18.9 Å². The Bertz CT molecular complexity index is 1320. The van der Waals surface area contributed by atoms with Crippen molar-refractivity contribution in [3.05, 3.63) is 57.1 Å². The number of benzene rings is 1. The van der Waals surface area contributed by atoms with Crippen molar-refractivity contribution in [2.45, 2.75) is 52.0 Å². The van der Waals surface area contributed by atoms with Crippen LogP contribution in [-0.4, -0.2) is 25.1 Å². The van der Waals surface area contributed by atoms with E-state index in [1.165, 1.54) is 38.7 Å². The number of fused-ring (bicyclic) bond motifs is 5. The van der Waals surface area contributed by atoms with E-state index >= 15 is 0 Å². The van der Waals surface area contributed by atoms with Gasteiger partial charge in [0, 0.05) is 10.6 Å². The fourth-order valence-corrected chi connectivity index (χ4v) is 5.39. The zero-order valence-electron chi connectivity index (χ0n) is 16.9. The van der Waals surface area contributed by atoms with Crippen molar-refractivity contribution in [3.8, 4) is 0 Å². The van der Waals surface area contributed by atoms with E-state index in [-0.39, 0.29) is 18.1 Å². The van der Waals surface area contributed by atoms with Gasteiger partial charge < -0.3 is 5.32 Å². The van der Waals surface area contributed by atoms with Gasteiger partial charge in [0.05, 0.1) is 5.39 Å². The molecule has 30 heavy (non-hydrogen) atoms. The van der Waals surface area contributed by atoms with Gasteiger partial charge in [0.1, 0.15) is 17.7 Å². The molecule has 3 aromatic heterocycles. The van der Waals surface area contributed by atoms with Crippen LogP contribution in [0.15, 0.2) is 35.4 Å². The Morgan fingerprint density at radius 3 is 2.97 bits per heavy atom. The van der Waals surface area contributed by atoms with Crippen LogP contribution in [0.25, 0.3) is 15.9 Å². The highest BCUT2D eigenvalue weighted by Crippen LogP contribution is 2.35. The number of amides is 1. The van der Waals surface area contributed by atoms with Crippen molar-refractivity contribution in [1.82, 2.24) is 19.2 Å². The van der Waals surface area contributed by atoms with Gasteiger partial charge in [-0.15, -0.1) is 16.4 Å². The van der Waals surface area contributed by atoms with Crippen molar-refractivity contribution >= 4 is 38.8 Å². The Hall–Kier alpha value is -3.00. The van der Waals surface area contributed by atoms with Crippen molar-refractivity contribution < 1.29 is 4.79 Å². The van der Waals surface area contributed by atoms with Gasteiger partial charge in [0.15, 0.2) is 5.65 Å². The molecule has 0 spiro atoms. The Kier molecular flexibility index (Phi) is 4.86. The third-order valence-electron chi connectivity index (χ3n) is 5.70. The van der Waals surface area contributed by atoms with Gasteiger partial charge in [-0.2, -0.15) is 0 Å². The predicted molar refractivity (Wildman–Crippen MR) is 118 cm³/mol. The normalized spacial score (nSPS) is 14.0. The Morgan fingerprint density at radius 2 is 2.10 bits per heavy atom. The quantitative estimate of drug-likeness (QED) is 0.511. The van der Waals surface area contributed by atoms with Crippen LogP contribution < -0.4 is 11.0 Å². The Labute approximate surface area is 177 Å². The third kappa shape index (κ3) is 3.31.